The molecule has 5 nitrogen and oxygen atoms in total. The highest BCUT2D eigenvalue weighted by atomic mass is 16.5. The predicted octanol–water partition coefficient (Wildman–Crippen LogP) is 3.25. The second-order valence-electron chi connectivity index (χ2n) is 5.28. The Hall–Kier alpha value is -2.66. The summed E-state index contributed by atoms with van der Waals surface area (Å²) >= 11 is 0. The van der Waals surface area contributed by atoms with Crippen LogP contribution in [-0.4, -0.2) is 10.2 Å². The molecule has 2 aromatic carbocycles. The van der Waals surface area contributed by atoms with E-state index >= 15 is 0 Å². The average Bonchev–Trinajstić information content (AvgIpc) is 3.02. The van der Waals surface area contributed by atoms with Crippen LogP contribution in [0, 0.1) is 6.92 Å². The van der Waals surface area contributed by atoms with E-state index in [4.69, 9.17) is 9.15 Å². The molecule has 5 heteroatoms. The molecule has 0 aliphatic heterocycles. The fourth-order valence-electron chi connectivity index (χ4n) is 2.22. The molecule has 1 N–H and O–H groups in total. The third-order valence-corrected chi connectivity index (χ3v) is 3.30. The van der Waals surface area contributed by atoms with Gasteiger partial charge in [0.1, 0.15) is 5.75 Å². The van der Waals surface area contributed by atoms with Crippen molar-refractivity contribution < 1.29 is 9.15 Å². The Kier molecular flexibility index (Phi) is 5.01. The Bertz CT molecular complexity index is 741. The van der Waals surface area contributed by atoms with Gasteiger partial charge in [-0.3, -0.25) is 0 Å². The Morgan fingerprint density at radius 3 is 2.61 bits per heavy atom. The van der Waals surface area contributed by atoms with Crippen LogP contribution in [0.4, 0.5) is 0 Å². The van der Waals surface area contributed by atoms with Crippen LogP contribution >= 0.6 is 0 Å². The van der Waals surface area contributed by atoms with Crippen LogP contribution in [0.2, 0.25) is 0 Å². The minimum Gasteiger partial charge on any atom is -0.484 e. The summed E-state index contributed by atoms with van der Waals surface area (Å²) in [5.74, 6) is 1.82. The van der Waals surface area contributed by atoms with Gasteiger partial charge in [0.25, 0.3) is 5.89 Å². The van der Waals surface area contributed by atoms with Gasteiger partial charge in [-0.2, -0.15) is 0 Å². The van der Waals surface area contributed by atoms with Crippen molar-refractivity contribution >= 4 is 0 Å². The van der Waals surface area contributed by atoms with Crippen molar-refractivity contribution in [3.05, 3.63) is 77.5 Å². The predicted molar refractivity (Wildman–Crippen MR) is 86.8 cm³/mol. The molecule has 0 fully saturated rings. The van der Waals surface area contributed by atoms with E-state index in [0.717, 1.165) is 12.3 Å². The van der Waals surface area contributed by atoms with Crippen molar-refractivity contribution in [1.82, 2.24) is 15.5 Å². The number of ether oxygens (including phenoxy) is 1. The minimum atomic E-state index is 0.273. The van der Waals surface area contributed by atoms with Crippen LogP contribution in [0.1, 0.15) is 22.9 Å². The number of hydrogen-bond donors (Lipinski definition) is 1. The third-order valence-electron chi connectivity index (χ3n) is 3.30. The highest BCUT2D eigenvalue weighted by molar-refractivity contribution is 5.22. The topological polar surface area (TPSA) is 60.2 Å². The molecule has 0 aliphatic rings. The Balaban J connectivity index is 1.46. The standard InChI is InChI=1S/C18H19N3O2/c1-14-6-5-7-15(10-14)11-19-12-17-20-21-18(23-17)13-22-16-8-3-2-4-9-16/h2-10,19H,11-13H2,1H3. The summed E-state index contributed by atoms with van der Waals surface area (Å²) in [5, 5.41) is 11.3. The lowest BCUT2D eigenvalue weighted by Gasteiger charge is -2.03. The number of rotatable bonds is 7. The zero-order valence-corrected chi connectivity index (χ0v) is 13.0. The van der Waals surface area contributed by atoms with Crippen molar-refractivity contribution in [3.8, 4) is 5.75 Å². The van der Waals surface area contributed by atoms with Crippen LogP contribution in [0.15, 0.2) is 59.0 Å². The molecule has 3 aromatic rings. The summed E-state index contributed by atoms with van der Waals surface area (Å²) in [7, 11) is 0. The van der Waals surface area contributed by atoms with Gasteiger partial charge >= 0.3 is 0 Å². The summed E-state index contributed by atoms with van der Waals surface area (Å²) in [4.78, 5) is 0. The van der Waals surface area contributed by atoms with Crippen LogP contribution in [0.5, 0.6) is 5.75 Å². The van der Waals surface area contributed by atoms with Gasteiger partial charge in [0.2, 0.25) is 5.89 Å². The van der Waals surface area contributed by atoms with Gasteiger partial charge in [0, 0.05) is 6.54 Å². The zero-order chi connectivity index (χ0) is 15.9. The minimum absolute atomic E-state index is 0.273. The zero-order valence-electron chi connectivity index (χ0n) is 13.0. The lowest BCUT2D eigenvalue weighted by molar-refractivity contribution is 0.258. The number of benzene rings is 2. The molecular formula is C18H19N3O2. The third kappa shape index (κ3) is 4.66. The lowest BCUT2D eigenvalue weighted by Crippen LogP contribution is -2.12. The van der Waals surface area contributed by atoms with E-state index in [9.17, 15) is 0 Å². The summed E-state index contributed by atoms with van der Waals surface area (Å²) in [5.41, 5.74) is 2.49. The molecule has 0 saturated heterocycles. The van der Waals surface area contributed by atoms with Crippen molar-refractivity contribution in [1.29, 1.82) is 0 Å². The Morgan fingerprint density at radius 2 is 1.78 bits per heavy atom. The number of aryl methyl sites for hydroxylation is 1. The molecule has 0 bridgehead atoms. The highest BCUT2D eigenvalue weighted by Crippen LogP contribution is 2.11. The molecule has 0 unspecified atom stereocenters. The van der Waals surface area contributed by atoms with E-state index in [0.29, 0.717) is 18.3 Å². The fourth-order valence-corrected chi connectivity index (χ4v) is 2.22. The average molecular weight is 309 g/mol. The summed E-state index contributed by atoms with van der Waals surface area (Å²) in [6.07, 6.45) is 0. The Labute approximate surface area is 135 Å². The molecular weight excluding hydrogens is 290 g/mol. The molecule has 0 spiro atoms. The van der Waals surface area contributed by atoms with E-state index in [1.807, 2.05) is 30.3 Å². The summed E-state index contributed by atoms with van der Waals surface area (Å²) in [6.45, 7) is 3.65. The quantitative estimate of drug-likeness (QED) is 0.726. The van der Waals surface area contributed by atoms with Crippen molar-refractivity contribution in [3.63, 3.8) is 0 Å². The van der Waals surface area contributed by atoms with E-state index in [1.54, 1.807) is 0 Å². The maximum Gasteiger partial charge on any atom is 0.253 e. The number of hydrogen-bond acceptors (Lipinski definition) is 5. The fraction of sp³-hybridized carbons (Fsp3) is 0.222. The molecule has 3 rings (SSSR count). The second kappa shape index (κ2) is 7.56. The van der Waals surface area contributed by atoms with Crippen molar-refractivity contribution in [2.45, 2.75) is 26.6 Å². The highest BCUT2D eigenvalue weighted by Gasteiger charge is 2.06. The summed E-state index contributed by atoms with van der Waals surface area (Å²) < 4.78 is 11.1. The molecule has 0 radical (unpaired) electrons. The largest absolute Gasteiger partial charge is 0.484 e. The molecule has 118 valence electrons. The first-order chi connectivity index (χ1) is 11.3. The van der Waals surface area contributed by atoms with Gasteiger partial charge in [-0.1, -0.05) is 48.0 Å². The van der Waals surface area contributed by atoms with E-state index < -0.39 is 0 Å². The molecule has 0 amide bonds. The van der Waals surface area contributed by atoms with E-state index in [1.165, 1.54) is 11.1 Å². The van der Waals surface area contributed by atoms with Crippen molar-refractivity contribution in [2.24, 2.45) is 0 Å². The van der Waals surface area contributed by atoms with Gasteiger partial charge in [-0.05, 0) is 24.6 Å². The van der Waals surface area contributed by atoms with Gasteiger partial charge < -0.3 is 14.5 Å². The number of aromatic nitrogens is 2. The van der Waals surface area contributed by atoms with Crippen LogP contribution in [0.25, 0.3) is 0 Å². The van der Waals surface area contributed by atoms with Crippen LogP contribution in [0.3, 0.4) is 0 Å². The number of nitrogens with one attached hydrogen (secondary N) is 1. The van der Waals surface area contributed by atoms with E-state index in [-0.39, 0.29) is 6.61 Å². The van der Waals surface area contributed by atoms with Crippen molar-refractivity contribution in [2.75, 3.05) is 0 Å². The molecule has 0 atom stereocenters. The van der Waals surface area contributed by atoms with Gasteiger partial charge in [0.15, 0.2) is 6.61 Å². The molecule has 0 saturated carbocycles. The van der Waals surface area contributed by atoms with Crippen LogP contribution in [-0.2, 0) is 19.7 Å². The number of para-hydroxylation sites is 1. The first-order valence-corrected chi connectivity index (χ1v) is 7.55. The molecule has 1 aromatic heterocycles. The summed E-state index contributed by atoms with van der Waals surface area (Å²) in [6, 6.07) is 17.9. The van der Waals surface area contributed by atoms with Gasteiger partial charge in [-0.15, -0.1) is 10.2 Å². The first kappa shape index (κ1) is 15.2. The monoisotopic (exact) mass is 309 g/mol. The number of nitrogens with zero attached hydrogens (tertiary/aromatic N) is 2. The maximum absolute atomic E-state index is 5.58. The first-order valence-electron chi connectivity index (χ1n) is 7.55. The normalized spacial score (nSPS) is 10.7. The SMILES string of the molecule is Cc1cccc(CNCc2nnc(COc3ccccc3)o2)c1. The smallest absolute Gasteiger partial charge is 0.253 e. The van der Waals surface area contributed by atoms with Gasteiger partial charge in [-0.25, -0.2) is 0 Å². The van der Waals surface area contributed by atoms with Crippen LogP contribution < -0.4 is 10.1 Å². The van der Waals surface area contributed by atoms with E-state index in [2.05, 4.69) is 46.7 Å². The molecule has 23 heavy (non-hydrogen) atoms. The molecule has 0 aliphatic carbocycles. The lowest BCUT2D eigenvalue weighted by atomic mass is 10.1. The van der Waals surface area contributed by atoms with Gasteiger partial charge in [0.05, 0.1) is 6.54 Å². The molecule has 1 heterocycles. The maximum atomic E-state index is 5.58. The second-order valence-corrected chi connectivity index (χ2v) is 5.28. The Morgan fingerprint density at radius 1 is 0.957 bits per heavy atom.